The van der Waals surface area contributed by atoms with Gasteiger partial charge in [-0.25, -0.2) is 0 Å². The molecule has 0 aromatic carbocycles. The van der Waals surface area contributed by atoms with Crippen molar-refractivity contribution in [1.82, 2.24) is 0 Å². The van der Waals surface area contributed by atoms with Gasteiger partial charge in [-0.2, -0.15) is 0 Å². The average Bonchev–Trinajstić information content (AvgIpc) is 1.80. The summed E-state index contributed by atoms with van der Waals surface area (Å²) < 4.78 is 0. The van der Waals surface area contributed by atoms with Gasteiger partial charge in [0.15, 0.2) is 0 Å². The predicted molar refractivity (Wildman–Crippen MR) is 45.3 cm³/mol. The van der Waals surface area contributed by atoms with Gasteiger partial charge in [0.25, 0.3) is 0 Å². The number of allylic oxidation sites excluding steroid dienone is 3. The molecule has 1 atom stereocenters. The standard InChI is InChI=1S/C6H7Cl2P/c1-5-4-9(8)3-2-6(5)7/h2,4H,3H2,1H3. The van der Waals surface area contributed by atoms with Crippen molar-refractivity contribution in [2.75, 3.05) is 6.16 Å². The summed E-state index contributed by atoms with van der Waals surface area (Å²) in [5.74, 6) is 2.04. The summed E-state index contributed by atoms with van der Waals surface area (Å²) in [6.07, 6.45) is 2.91. The van der Waals surface area contributed by atoms with E-state index >= 15 is 0 Å². The normalized spacial score (nSPS) is 27.2. The van der Waals surface area contributed by atoms with Crippen molar-refractivity contribution in [1.29, 1.82) is 0 Å². The molecule has 0 bridgehead atoms. The molecular formula is C6H7Cl2P. The van der Waals surface area contributed by atoms with Crippen molar-refractivity contribution in [3.8, 4) is 0 Å². The maximum atomic E-state index is 5.86. The molecule has 0 spiro atoms. The molecule has 0 nitrogen and oxygen atoms in total. The number of halogens is 2. The number of hydrogen-bond acceptors (Lipinski definition) is 0. The third-order valence-electron chi connectivity index (χ3n) is 1.16. The van der Waals surface area contributed by atoms with Crippen LogP contribution in [-0.4, -0.2) is 6.16 Å². The highest BCUT2D eigenvalue weighted by Crippen LogP contribution is 2.47. The van der Waals surface area contributed by atoms with Crippen LogP contribution >= 0.6 is 30.1 Å². The zero-order valence-corrected chi connectivity index (χ0v) is 7.47. The lowest BCUT2D eigenvalue weighted by molar-refractivity contribution is 1.47. The maximum absolute atomic E-state index is 5.86. The molecule has 9 heavy (non-hydrogen) atoms. The van der Waals surface area contributed by atoms with E-state index in [1.165, 1.54) is 0 Å². The second-order valence-corrected chi connectivity index (χ2v) is 5.08. The molecule has 1 heterocycles. The molecular weight excluding hydrogens is 174 g/mol. The van der Waals surface area contributed by atoms with E-state index in [0.29, 0.717) is 0 Å². The molecule has 0 aliphatic carbocycles. The van der Waals surface area contributed by atoms with Crippen molar-refractivity contribution < 1.29 is 0 Å². The summed E-state index contributed by atoms with van der Waals surface area (Å²) in [6, 6.07) is 0. The summed E-state index contributed by atoms with van der Waals surface area (Å²) in [5, 5.41) is 0.856. The molecule has 0 aromatic rings. The molecule has 1 aliphatic rings. The van der Waals surface area contributed by atoms with Gasteiger partial charge in [-0.05, 0) is 18.3 Å². The van der Waals surface area contributed by atoms with Crippen LogP contribution in [-0.2, 0) is 0 Å². The van der Waals surface area contributed by atoms with Crippen LogP contribution in [0.3, 0.4) is 0 Å². The van der Waals surface area contributed by atoms with Crippen molar-refractivity contribution >= 4 is 30.1 Å². The van der Waals surface area contributed by atoms with Crippen LogP contribution in [0, 0.1) is 0 Å². The molecule has 0 amide bonds. The second kappa shape index (κ2) is 3.05. The topological polar surface area (TPSA) is 0 Å². The maximum Gasteiger partial charge on any atom is 0.0400 e. The van der Waals surface area contributed by atoms with Gasteiger partial charge < -0.3 is 0 Å². The first-order valence-corrected chi connectivity index (χ1v) is 5.55. The first-order chi connectivity index (χ1) is 4.20. The Morgan fingerprint density at radius 1 is 1.67 bits per heavy atom. The molecule has 1 aliphatic heterocycles. The highest BCUT2D eigenvalue weighted by Gasteiger charge is 2.07. The quantitative estimate of drug-likeness (QED) is 0.500. The molecule has 0 fully saturated rings. The molecule has 1 rings (SSSR count). The number of hydrogen-bond donors (Lipinski definition) is 0. The lowest BCUT2D eigenvalue weighted by Gasteiger charge is -2.09. The highest BCUT2D eigenvalue weighted by atomic mass is 35.7. The predicted octanol–water partition coefficient (Wildman–Crippen LogP) is 3.66. The van der Waals surface area contributed by atoms with Crippen molar-refractivity contribution in [2.45, 2.75) is 6.92 Å². The van der Waals surface area contributed by atoms with Crippen molar-refractivity contribution in [3.63, 3.8) is 0 Å². The Balaban J connectivity index is 2.75. The Morgan fingerprint density at radius 3 is 2.78 bits per heavy atom. The van der Waals surface area contributed by atoms with E-state index in [1.54, 1.807) is 0 Å². The van der Waals surface area contributed by atoms with Crippen LogP contribution in [0.1, 0.15) is 6.92 Å². The van der Waals surface area contributed by atoms with Gasteiger partial charge >= 0.3 is 0 Å². The Bertz CT molecular complexity index is 172. The van der Waals surface area contributed by atoms with E-state index in [4.69, 9.17) is 22.8 Å². The van der Waals surface area contributed by atoms with Crippen LogP contribution in [0.2, 0.25) is 0 Å². The minimum atomic E-state index is -0.408. The van der Waals surface area contributed by atoms with E-state index in [0.717, 1.165) is 16.8 Å². The lowest BCUT2D eigenvalue weighted by Crippen LogP contribution is -1.84. The highest BCUT2D eigenvalue weighted by molar-refractivity contribution is 7.86. The van der Waals surface area contributed by atoms with Crippen molar-refractivity contribution in [2.24, 2.45) is 0 Å². The van der Waals surface area contributed by atoms with Gasteiger partial charge in [0.1, 0.15) is 0 Å². The lowest BCUT2D eigenvalue weighted by atomic mass is 10.3. The summed E-state index contributed by atoms with van der Waals surface area (Å²) in [5.41, 5.74) is 1.11. The fourth-order valence-corrected chi connectivity index (χ4v) is 2.64. The molecule has 0 radical (unpaired) electrons. The molecule has 0 saturated carbocycles. The third kappa shape index (κ3) is 1.97. The summed E-state index contributed by atoms with van der Waals surface area (Å²) >= 11 is 11.6. The molecule has 3 heteroatoms. The summed E-state index contributed by atoms with van der Waals surface area (Å²) in [6.45, 7) is 1.98. The van der Waals surface area contributed by atoms with E-state index in [1.807, 2.05) is 18.8 Å². The smallest absolute Gasteiger partial charge is 0.0400 e. The second-order valence-electron chi connectivity index (χ2n) is 1.95. The van der Waals surface area contributed by atoms with Crippen LogP contribution in [0.4, 0.5) is 0 Å². The van der Waals surface area contributed by atoms with Crippen LogP contribution in [0.15, 0.2) is 22.5 Å². The van der Waals surface area contributed by atoms with Crippen LogP contribution in [0.5, 0.6) is 0 Å². The Kier molecular flexibility index (Phi) is 2.58. The van der Waals surface area contributed by atoms with Gasteiger partial charge in [-0.3, -0.25) is 0 Å². The van der Waals surface area contributed by atoms with E-state index in [9.17, 15) is 0 Å². The minimum absolute atomic E-state index is 0.408. The van der Waals surface area contributed by atoms with Gasteiger partial charge in [0, 0.05) is 18.5 Å². The monoisotopic (exact) mass is 180 g/mol. The van der Waals surface area contributed by atoms with E-state index < -0.39 is 7.27 Å². The van der Waals surface area contributed by atoms with Crippen molar-refractivity contribution in [3.05, 3.63) is 22.5 Å². The van der Waals surface area contributed by atoms with E-state index in [2.05, 4.69) is 0 Å². The molecule has 0 aromatic heterocycles. The van der Waals surface area contributed by atoms with Gasteiger partial charge in [0.05, 0.1) is 0 Å². The van der Waals surface area contributed by atoms with Gasteiger partial charge in [0.2, 0.25) is 0 Å². The fraction of sp³-hybridized carbons (Fsp3) is 0.333. The minimum Gasteiger partial charge on any atom is -0.0915 e. The fourth-order valence-electron chi connectivity index (χ4n) is 0.653. The zero-order chi connectivity index (χ0) is 6.85. The molecule has 50 valence electrons. The Labute approximate surface area is 66.1 Å². The summed E-state index contributed by atoms with van der Waals surface area (Å²) in [4.78, 5) is 0. The molecule has 1 unspecified atom stereocenters. The number of rotatable bonds is 0. The molecule has 0 N–H and O–H groups in total. The van der Waals surface area contributed by atoms with E-state index in [-0.39, 0.29) is 0 Å². The SMILES string of the molecule is CC1=CP(Cl)CC=C1Cl. The first kappa shape index (κ1) is 7.60. The Morgan fingerprint density at radius 2 is 2.33 bits per heavy atom. The average molecular weight is 181 g/mol. The van der Waals surface area contributed by atoms with Crippen LogP contribution in [0.25, 0.3) is 0 Å². The first-order valence-electron chi connectivity index (χ1n) is 2.67. The Hall–Kier alpha value is 0.490. The molecule has 0 saturated heterocycles. The van der Waals surface area contributed by atoms with Gasteiger partial charge in [-0.15, -0.1) is 0 Å². The van der Waals surface area contributed by atoms with Gasteiger partial charge in [-0.1, -0.05) is 28.9 Å². The summed E-state index contributed by atoms with van der Waals surface area (Å²) in [7, 11) is -0.408. The largest absolute Gasteiger partial charge is 0.0915 e. The van der Waals surface area contributed by atoms with Crippen LogP contribution < -0.4 is 0 Å². The third-order valence-corrected chi connectivity index (χ3v) is 3.51. The zero-order valence-electron chi connectivity index (χ0n) is 5.06.